The first-order valence-electron chi connectivity index (χ1n) is 6.04. The lowest BCUT2D eigenvalue weighted by Gasteiger charge is -2.26. The summed E-state index contributed by atoms with van der Waals surface area (Å²) in [5.74, 6) is 1.08. The second-order valence-electron chi connectivity index (χ2n) is 5.33. The van der Waals surface area contributed by atoms with Crippen molar-refractivity contribution in [3.8, 4) is 0 Å². The third kappa shape index (κ3) is 2.76. The molecule has 1 nitrogen and oxygen atoms in total. The molecule has 0 atom stereocenters. The van der Waals surface area contributed by atoms with Crippen LogP contribution in [0.15, 0.2) is 47.3 Å². The molecule has 16 heavy (non-hydrogen) atoms. The smallest absolute Gasteiger partial charge is 0.242 e. The molecule has 0 saturated heterocycles. The van der Waals surface area contributed by atoms with Crippen LogP contribution in [-0.2, 0) is 4.43 Å². The molecule has 0 spiro atoms. The van der Waals surface area contributed by atoms with Crippen LogP contribution in [0, 0.1) is 0 Å². The fraction of sp³-hybridized carbons (Fsp3) is 0.429. The Balaban J connectivity index is 2.30. The summed E-state index contributed by atoms with van der Waals surface area (Å²) < 4.78 is 6.17. The van der Waals surface area contributed by atoms with Crippen molar-refractivity contribution in [3.63, 3.8) is 0 Å². The zero-order chi connectivity index (χ0) is 11.6. The molecular weight excluding hydrogens is 212 g/mol. The minimum Gasteiger partial charge on any atom is -0.544 e. The molecule has 0 N–H and O–H groups in total. The van der Waals surface area contributed by atoms with E-state index in [4.69, 9.17) is 4.43 Å². The van der Waals surface area contributed by atoms with Crippen molar-refractivity contribution in [3.05, 3.63) is 47.3 Å². The van der Waals surface area contributed by atoms with Crippen molar-refractivity contribution in [1.29, 1.82) is 0 Å². The number of hydrogen-bond acceptors (Lipinski definition) is 1. The zero-order valence-electron chi connectivity index (χ0n) is 10.4. The van der Waals surface area contributed by atoms with Gasteiger partial charge in [0.1, 0.15) is 5.76 Å². The number of rotatable bonds is 2. The van der Waals surface area contributed by atoms with Gasteiger partial charge in [0.15, 0.2) is 0 Å². The summed E-state index contributed by atoms with van der Waals surface area (Å²) in [4.78, 5) is 0. The van der Waals surface area contributed by atoms with Gasteiger partial charge >= 0.3 is 0 Å². The van der Waals surface area contributed by atoms with E-state index in [9.17, 15) is 0 Å². The molecule has 2 rings (SSSR count). The van der Waals surface area contributed by atoms with Crippen molar-refractivity contribution in [2.75, 3.05) is 0 Å². The van der Waals surface area contributed by atoms with Gasteiger partial charge in [-0.15, -0.1) is 0 Å². The molecule has 0 bridgehead atoms. The van der Waals surface area contributed by atoms with E-state index in [1.807, 2.05) is 0 Å². The first kappa shape index (κ1) is 11.5. The van der Waals surface area contributed by atoms with Crippen molar-refractivity contribution in [2.24, 2.45) is 0 Å². The standard InChI is InChI=1S/C14H20OSi/c1-16(2,3)15-14-11-7-5-9-12-8-4-6-10-13(12)14/h5,7,9-11H,4,6,8H2,1-3H3. The third-order valence-electron chi connectivity index (χ3n) is 2.68. The molecule has 2 aliphatic rings. The third-order valence-corrected chi connectivity index (χ3v) is 3.51. The van der Waals surface area contributed by atoms with Gasteiger partial charge in [-0.05, 0) is 50.6 Å². The normalized spacial score (nSPS) is 20.3. The quantitative estimate of drug-likeness (QED) is 0.644. The van der Waals surface area contributed by atoms with Gasteiger partial charge in [0, 0.05) is 5.57 Å². The van der Waals surface area contributed by atoms with Gasteiger partial charge in [-0.1, -0.05) is 24.3 Å². The first-order valence-corrected chi connectivity index (χ1v) is 9.44. The molecule has 86 valence electrons. The lowest BCUT2D eigenvalue weighted by atomic mass is 9.92. The molecule has 0 radical (unpaired) electrons. The van der Waals surface area contributed by atoms with Gasteiger partial charge < -0.3 is 4.43 Å². The van der Waals surface area contributed by atoms with Crippen LogP contribution in [0.4, 0.5) is 0 Å². The lowest BCUT2D eigenvalue weighted by Crippen LogP contribution is -2.25. The molecule has 0 saturated carbocycles. The van der Waals surface area contributed by atoms with E-state index >= 15 is 0 Å². The second kappa shape index (κ2) is 4.46. The minimum atomic E-state index is -1.51. The van der Waals surface area contributed by atoms with Gasteiger partial charge in [0.25, 0.3) is 0 Å². The molecule has 0 aromatic rings. The summed E-state index contributed by atoms with van der Waals surface area (Å²) in [5.41, 5.74) is 2.77. The van der Waals surface area contributed by atoms with Crippen LogP contribution in [0.1, 0.15) is 19.3 Å². The molecule has 0 amide bonds. The van der Waals surface area contributed by atoms with E-state index < -0.39 is 8.32 Å². The van der Waals surface area contributed by atoms with E-state index in [0.29, 0.717) is 0 Å². The van der Waals surface area contributed by atoms with Crippen LogP contribution in [0.2, 0.25) is 19.6 Å². The van der Waals surface area contributed by atoms with Crippen LogP contribution in [0.5, 0.6) is 0 Å². The number of hydrogen-bond donors (Lipinski definition) is 0. The van der Waals surface area contributed by atoms with Crippen molar-refractivity contribution in [2.45, 2.75) is 38.9 Å². The SMILES string of the molecule is C[Si](C)(C)OC1=CC=CC=C2CCCC=C21. The van der Waals surface area contributed by atoms with Crippen LogP contribution >= 0.6 is 0 Å². The second-order valence-corrected chi connectivity index (χ2v) is 9.76. The average molecular weight is 232 g/mol. The van der Waals surface area contributed by atoms with E-state index in [2.05, 4.69) is 50.0 Å². The maximum absolute atomic E-state index is 6.17. The summed E-state index contributed by atoms with van der Waals surface area (Å²) in [7, 11) is -1.51. The highest BCUT2D eigenvalue weighted by molar-refractivity contribution is 6.70. The predicted molar refractivity (Wildman–Crippen MR) is 71.7 cm³/mol. The molecule has 0 aromatic carbocycles. The molecule has 0 unspecified atom stereocenters. The topological polar surface area (TPSA) is 9.23 Å². The largest absolute Gasteiger partial charge is 0.544 e. The fourth-order valence-corrected chi connectivity index (χ4v) is 2.90. The van der Waals surface area contributed by atoms with E-state index in [-0.39, 0.29) is 0 Å². The Morgan fingerprint density at radius 3 is 2.62 bits per heavy atom. The summed E-state index contributed by atoms with van der Waals surface area (Å²) in [6.45, 7) is 6.69. The molecule has 0 fully saturated rings. The Kier molecular flexibility index (Phi) is 3.19. The molecule has 0 aliphatic heterocycles. The summed E-state index contributed by atoms with van der Waals surface area (Å²) in [6.07, 6.45) is 14.5. The molecule has 0 heterocycles. The maximum Gasteiger partial charge on any atom is 0.242 e. The monoisotopic (exact) mass is 232 g/mol. The zero-order valence-corrected chi connectivity index (χ0v) is 11.4. The Hall–Kier alpha value is -1.02. The highest BCUT2D eigenvalue weighted by Crippen LogP contribution is 2.32. The summed E-state index contributed by atoms with van der Waals surface area (Å²) >= 11 is 0. The van der Waals surface area contributed by atoms with Crippen molar-refractivity contribution < 1.29 is 4.43 Å². The van der Waals surface area contributed by atoms with E-state index in [0.717, 1.165) is 5.76 Å². The maximum atomic E-state index is 6.17. The Bertz CT molecular complexity index is 391. The molecule has 2 aliphatic carbocycles. The summed E-state index contributed by atoms with van der Waals surface area (Å²) in [5, 5.41) is 0. The molecular formula is C14H20OSi. The van der Waals surface area contributed by atoms with E-state index in [1.165, 1.54) is 30.4 Å². The lowest BCUT2D eigenvalue weighted by molar-refractivity contribution is 0.432. The Morgan fingerprint density at radius 2 is 1.88 bits per heavy atom. The molecule has 0 aromatic heterocycles. The van der Waals surface area contributed by atoms with Gasteiger partial charge in [-0.3, -0.25) is 0 Å². The van der Waals surface area contributed by atoms with Crippen molar-refractivity contribution >= 4 is 8.32 Å². The predicted octanol–water partition coefficient (Wildman–Crippen LogP) is 4.33. The molecule has 2 heteroatoms. The van der Waals surface area contributed by atoms with Gasteiger partial charge in [0.2, 0.25) is 8.32 Å². The Labute approximate surface area is 99.3 Å². The first-order chi connectivity index (χ1) is 7.56. The fourth-order valence-electron chi connectivity index (χ4n) is 2.06. The van der Waals surface area contributed by atoms with Crippen LogP contribution in [-0.4, -0.2) is 8.32 Å². The summed E-state index contributed by atoms with van der Waals surface area (Å²) in [6, 6.07) is 0. The van der Waals surface area contributed by atoms with Crippen LogP contribution < -0.4 is 0 Å². The highest BCUT2D eigenvalue weighted by Gasteiger charge is 2.22. The van der Waals surface area contributed by atoms with Gasteiger partial charge in [0.05, 0.1) is 0 Å². The Morgan fingerprint density at radius 1 is 1.12 bits per heavy atom. The van der Waals surface area contributed by atoms with Crippen molar-refractivity contribution in [1.82, 2.24) is 0 Å². The average Bonchev–Trinajstić information content (AvgIpc) is 2.39. The number of fused-ring (bicyclic) bond motifs is 1. The van der Waals surface area contributed by atoms with Crippen LogP contribution in [0.25, 0.3) is 0 Å². The van der Waals surface area contributed by atoms with Gasteiger partial charge in [-0.25, -0.2) is 0 Å². The number of allylic oxidation sites excluding steroid dienone is 6. The van der Waals surface area contributed by atoms with E-state index in [1.54, 1.807) is 0 Å². The highest BCUT2D eigenvalue weighted by atomic mass is 28.4. The van der Waals surface area contributed by atoms with Gasteiger partial charge in [-0.2, -0.15) is 0 Å². The van der Waals surface area contributed by atoms with Crippen LogP contribution in [0.3, 0.4) is 0 Å². The minimum absolute atomic E-state index is 1.08.